The van der Waals surface area contributed by atoms with Gasteiger partial charge in [-0.1, -0.05) is 12.2 Å². The highest BCUT2D eigenvalue weighted by Crippen LogP contribution is 2.36. The van der Waals surface area contributed by atoms with E-state index in [1.165, 1.54) is 0 Å². The van der Waals surface area contributed by atoms with Crippen molar-refractivity contribution in [1.29, 1.82) is 0 Å². The molecule has 0 aromatic heterocycles. The first-order chi connectivity index (χ1) is 8.68. The third kappa shape index (κ3) is 1.55. The van der Waals surface area contributed by atoms with Gasteiger partial charge in [-0.15, -0.1) is 0 Å². The molecule has 0 atom stereocenters. The highest BCUT2D eigenvalue weighted by atomic mass is 32.1. The Bertz CT molecular complexity index is 482. The first-order valence-electron chi connectivity index (χ1n) is 5.54. The van der Waals surface area contributed by atoms with Crippen LogP contribution in [0.4, 0.5) is 0 Å². The predicted octanol–water partition coefficient (Wildman–Crippen LogP) is 0.509. The van der Waals surface area contributed by atoms with Crippen molar-refractivity contribution in [3.05, 3.63) is 0 Å². The lowest BCUT2D eigenvalue weighted by Gasteiger charge is -2.55. The van der Waals surface area contributed by atoms with Crippen LogP contribution in [0, 0.1) is 0 Å². The molecule has 2 aliphatic heterocycles. The zero-order valence-corrected chi connectivity index (χ0v) is 14.6. The van der Waals surface area contributed by atoms with E-state index in [0.717, 1.165) is 0 Å². The van der Waals surface area contributed by atoms with E-state index in [9.17, 15) is 0 Å². The van der Waals surface area contributed by atoms with Crippen LogP contribution in [0.15, 0.2) is 0 Å². The molecular weight excluding hydrogens is 318 g/mol. The largest absolute Gasteiger partial charge is 0.311 e. The van der Waals surface area contributed by atoms with E-state index >= 15 is 0 Å². The van der Waals surface area contributed by atoms with Crippen LogP contribution in [0.3, 0.4) is 0 Å². The van der Waals surface area contributed by atoms with Gasteiger partial charge in [-0.2, -0.15) is 0 Å². The van der Waals surface area contributed by atoms with E-state index in [2.05, 4.69) is 0 Å². The van der Waals surface area contributed by atoms with Crippen molar-refractivity contribution in [2.24, 2.45) is 0 Å². The average molecular weight is 334 g/mol. The molecule has 1 spiro atoms. The molecule has 0 aliphatic carbocycles. The molecule has 0 aromatic rings. The SMILES string of the molecule is CN1C(=S)N(C)C2(C(=S)N(C)C(=S)N2C)N(C)C1=S. The molecule has 2 saturated heterocycles. The summed E-state index contributed by atoms with van der Waals surface area (Å²) in [6.45, 7) is 0. The topological polar surface area (TPSA) is 16.2 Å². The van der Waals surface area contributed by atoms with Crippen LogP contribution in [-0.4, -0.2) is 85.9 Å². The highest BCUT2D eigenvalue weighted by Gasteiger charge is 2.60. The van der Waals surface area contributed by atoms with Crippen LogP contribution < -0.4 is 0 Å². The zero-order valence-electron chi connectivity index (χ0n) is 11.4. The lowest BCUT2D eigenvalue weighted by Crippen LogP contribution is -2.77. The van der Waals surface area contributed by atoms with Crippen LogP contribution in [-0.2, 0) is 0 Å². The van der Waals surface area contributed by atoms with E-state index in [1.807, 2.05) is 54.8 Å². The summed E-state index contributed by atoms with van der Waals surface area (Å²) < 4.78 is 0. The van der Waals surface area contributed by atoms with Gasteiger partial charge in [0.25, 0.3) is 5.79 Å². The fourth-order valence-electron chi connectivity index (χ4n) is 2.57. The monoisotopic (exact) mass is 333 g/mol. The van der Waals surface area contributed by atoms with Gasteiger partial charge in [0.1, 0.15) is 0 Å². The third-order valence-electron chi connectivity index (χ3n) is 3.72. The minimum Gasteiger partial charge on any atom is -0.311 e. The minimum absolute atomic E-state index is 0.621. The summed E-state index contributed by atoms with van der Waals surface area (Å²) in [7, 11) is 9.43. The van der Waals surface area contributed by atoms with E-state index in [4.69, 9.17) is 48.9 Å². The summed E-state index contributed by atoms with van der Waals surface area (Å²) in [5.74, 6) is -0.734. The van der Waals surface area contributed by atoms with Gasteiger partial charge >= 0.3 is 0 Å². The lowest BCUT2D eigenvalue weighted by molar-refractivity contribution is 0.0208. The van der Waals surface area contributed by atoms with Crippen molar-refractivity contribution in [3.8, 4) is 0 Å². The standard InChI is InChI=1S/C10H15N5S4/c1-11-6(16)10(13(3)7(11)17)14(4)8(18)12(2)9(19)15(10)5/h1-5H3. The van der Waals surface area contributed by atoms with Gasteiger partial charge in [-0.3, -0.25) is 4.90 Å². The van der Waals surface area contributed by atoms with Gasteiger partial charge in [0.2, 0.25) is 0 Å². The zero-order chi connectivity index (χ0) is 14.7. The molecule has 0 aromatic carbocycles. The minimum atomic E-state index is -0.734. The molecule has 2 heterocycles. The Balaban J connectivity index is 2.64. The molecule has 19 heavy (non-hydrogen) atoms. The summed E-state index contributed by atoms with van der Waals surface area (Å²) in [5, 5.41) is 1.89. The molecule has 104 valence electrons. The van der Waals surface area contributed by atoms with Gasteiger partial charge in [0, 0.05) is 35.2 Å². The summed E-state index contributed by atoms with van der Waals surface area (Å²) in [6.07, 6.45) is 0. The number of likely N-dealkylation sites (N-methyl/N-ethyl adjacent to an activating group) is 4. The lowest BCUT2D eigenvalue weighted by atomic mass is 10.2. The Morgan fingerprint density at radius 1 is 0.632 bits per heavy atom. The van der Waals surface area contributed by atoms with Gasteiger partial charge in [0.05, 0.1) is 0 Å². The molecule has 2 rings (SSSR count). The van der Waals surface area contributed by atoms with Gasteiger partial charge < -0.3 is 19.6 Å². The van der Waals surface area contributed by atoms with E-state index in [-0.39, 0.29) is 0 Å². The van der Waals surface area contributed by atoms with Gasteiger partial charge in [0.15, 0.2) is 20.3 Å². The molecule has 0 amide bonds. The van der Waals surface area contributed by atoms with Crippen molar-refractivity contribution in [1.82, 2.24) is 24.5 Å². The Hall–Kier alpha value is -0.640. The Morgan fingerprint density at radius 3 is 1.21 bits per heavy atom. The summed E-state index contributed by atoms with van der Waals surface area (Å²) in [4.78, 5) is 10.0. The molecule has 9 heteroatoms. The molecule has 0 bridgehead atoms. The number of hydrogen-bond donors (Lipinski definition) is 0. The third-order valence-corrected chi connectivity index (χ3v) is 5.91. The van der Waals surface area contributed by atoms with Crippen LogP contribution >= 0.6 is 48.9 Å². The summed E-state index contributed by atoms with van der Waals surface area (Å²) in [6, 6.07) is 0. The quantitative estimate of drug-likeness (QED) is 0.584. The molecule has 2 fully saturated rings. The van der Waals surface area contributed by atoms with Gasteiger partial charge in [-0.05, 0) is 36.7 Å². The Morgan fingerprint density at radius 2 is 0.947 bits per heavy atom. The van der Waals surface area contributed by atoms with Crippen molar-refractivity contribution >= 4 is 69.2 Å². The van der Waals surface area contributed by atoms with Crippen molar-refractivity contribution in [2.45, 2.75) is 5.79 Å². The number of hydrogen-bond acceptors (Lipinski definition) is 4. The molecule has 0 saturated carbocycles. The normalized spacial score (nSPS) is 23.3. The average Bonchev–Trinajstić information content (AvgIpc) is 2.56. The van der Waals surface area contributed by atoms with Gasteiger partial charge in [-0.25, -0.2) is 0 Å². The number of rotatable bonds is 0. The molecule has 0 N–H and O–H groups in total. The second-order valence-electron chi connectivity index (χ2n) is 4.58. The maximum Gasteiger partial charge on any atom is 0.250 e. The second kappa shape index (κ2) is 4.44. The second-order valence-corrected chi connectivity index (χ2v) is 6.07. The molecular formula is C10H15N5S4. The Kier molecular flexibility index (Phi) is 3.45. The molecule has 5 nitrogen and oxygen atoms in total. The van der Waals surface area contributed by atoms with E-state index < -0.39 is 5.79 Å². The first kappa shape index (κ1) is 14.8. The van der Waals surface area contributed by atoms with Crippen molar-refractivity contribution < 1.29 is 0 Å². The first-order valence-corrected chi connectivity index (χ1v) is 7.17. The fourth-order valence-corrected chi connectivity index (χ4v) is 3.83. The van der Waals surface area contributed by atoms with Crippen molar-refractivity contribution in [3.63, 3.8) is 0 Å². The van der Waals surface area contributed by atoms with Crippen molar-refractivity contribution in [2.75, 3.05) is 35.2 Å². The number of nitrogens with zero attached hydrogens (tertiary/aromatic N) is 5. The smallest absolute Gasteiger partial charge is 0.250 e. The summed E-state index contributed by atoms with van der Waals surface area (Å²) in [5.41, 5.74) is 0. The number of thiocarbonyl (C=S) groups is 4. The van der Waals surface area contributed by atoms with E-state index in [0.29, 0.717) is 20.3 Å². The van der Waals surface area contributed by atoms with Crippen LogP contribution in [0.25, 0.3) is 0 Å². The molecule has 0 unspecified atom stereocenters. The fraction of sp³-hybridized carbons (Fsp3) is 0.600. The maximum absolute atomic E-state index is 5.60. The van der Waals surface area contributed by atoms with Crippen LogP contribution in [0.5, 0.6) is 0 Å². The summed E-state index contributed by atoms with van der Waals surface area (Å²) >= 11 is 21.9. The van der Waals surface area contributed by atoms with Crippen LogP contribution in [0.2, 0.25) is 0 Å². The molecule has 0 radical (unpaired) electrons. The highest BCUT2D eigenvalue weighted by molar-refractivity contribution is 7.82. The Labute approximate surface area is 134 Å². The van der Waals surface area contributed by atoms with Crippen LogP contribution in [0.1, 0.15) is 0 Å². The maximum atomic E-state index is 5.60. The van der Waals surface area contributed by atoms with E-state index in [1.54, 1.807) is 4.90 Å². The predicted molar refractivity (Wildman–Crippen MR) is 91.9 cm³/mol. The molecule has 2 aliphatic rings.